The van der Waals surface area contributed by atoms with E-state index in [0.29, 0.717) is 18.5 Å². The normalized spacial score (nSPS) is 35.6. The predicted molar refractivity (Wildman–Crippen MR) is 175 cm³/mol. The van der Waals surface area contributed by atoms with Crippen LogP contribution in [0.1, 0.15) is 118 Å². The van der Waals surface area contributed by atoms with Crippen molar-refractivity contribution < 1.29 is 14.3 Å². The standard InChI is InChI=1S/C38H60N2O3/c1-26(2)11-10-12-27(3)32-17-18-33-31-16-15-29-25-30(19-21-37(29,4)34(31)20-22-38(32,33)5)43-36(42)40-24-9-8-23-39-35(41)28-13-6-7-14-28/h6-7,13-15,26-28,30-34H,8-12,16-25H2,1-5H3,(H,39,41)(H,40,42)/t27-,30+,31+,32-,33+,34+,37+,38-/m1/s1. The van der Waals surface area contributed by atoms with Crippen molar-refractivity contribution in [3.05, 3.63) is 36.0 Å². The van der Waals surface area contributed by atoms with Gasteiger partial charge in [-0.3, -0.25) is 4.79 Å². The summed E-state index contributed by atoms with van der Waals surface area (Å²) in [5.74, 6) is 4.98. The van der Waals surface area contributed by atoms with Crippen molar-refractivity contribution in [3.8, 4) is 0 Å². The van der Waals surface area contributed by atoms with E-state index in [1.165, 1.54) is 51.4 Å². The van der Waals surface area contributed by atoms with Crippen LogP contribution in [0.2, 0.25) is 0 Å². The monoisotopic (exact) mass is 592 g/mol. The summed E-state index contributed by atoms with van der Waals surface area (Å²) in [5.41, 5.74) is 2.37. The smallest absolute Gasteiger partial charge is 0.407 e. The van der Waals surface area contributed by atoms with Gasteiger partial charge >= 0.3 is 6.09 Å². The van der Waals surface area contributed by atoms with E-state index in [0.717, 1.165) is 67.6 Å². The lowest BCUT2D eigenvalue weighted by molar-refractivity contribution is -0.122. The number of ether oxygens (including phenoxy) is 1. The van der Waals surface area contributed by atoms with E-state index in [2.05, 4.69) is 51.3 Å². The fourth-order valence-corrected chi connectivity index (χ4v) is 10.3. The van der Waals surface area contributed by atoms with Crippen LogP contribution in [0.3, 0.4) is 0 Å². The Morgan fingerprint density at radius 2 is 1.65 bits per heavy atom. The third-order valence-corrected chi connectivity index (χ3v) is 12.8. The van der Waals surface area contributed by atoms with Gasteiger partial charge in [0.25, 0.3) is 0 Å². The highest BCUT2D eigenvalue weighted by atomic mass is 16.6. The van der Waals surface area contributed by atoms with Crippen molar-refractivity contribution >= 4 is 12.0 Å². The molecule has 5 aliphatic rings. The van der Waals surface area contributed by atoms with Crippen LogP contribution < -0.4 is 10.6 Å². The average Bonchev–Trinajstić information content (AvgIpc) is 3.63. The minimum atomic E-state index is -0.291. The van der Waals surface area contributed by atoms with Crippen LogP contribution in [0.5, 0.6) is 0 Å². The van der Waals surface area contributed by atoms with Crippen molar-refractivity contribution in [2.24, 2.45) is 52.3 Å². The molecular weight excluding hydrogens is 532 g/mol. The Kier molecular flexibility index (Phi) is 10.5. The second-order valence-electron chi connectivity index (χ2n) is 15.8. The first-order valence-corrected chi connectivity index (χ1v) is 17.9. The molecule has 0 aromatic carbocycles. The molecule has 5 heteroatoms. The summed E-state index contributed by atoms with van der Waals surface area (Å²) >= 11 is 0. The first-order valence-electron chi connectivity index (χ1n) is 17.9. The summed E-state index contributed by atoms with van der Waals surface area (Å²) < 4.78 is 5.93. The molecule has 0 heterocycles. The maximum Gasteiger partial charge on any atom is 0.407 e. The summed E-state index contributed by atoms with van der Waals surface area (Å²) in [5, 5.41) is 5.91. The molecule has 3 saturated carbocycles. The third kappa shape index (κ3) is 7.12. The van der Waals surface area contributed by atoms with E-state index in [-0.39, 0.29) is 29.4 Å². The highest BCUT2D eigenvalue weighted by molar-refractivity contribution is 5.83. The van der Waals surface area contributed by atoms with Gasteiger partial charge in [-0.05, 0) is 104 Å². The van der Waals surface area contributed by atoms with E-state index in [9.17, 15) is 9.59 Å². The van der Waals surface area contributed by atoms with E-state index in [4.69, 9.17) is 4.74 Å². The summed E-state index contributed by atoms with van der Waals surface area (Å²) in [4.78, 5) is 24.7. The average molecular weight is 593 g/mol. The van der Waals surface area contributed by atoms with Gasteiger partial charge in [0.05, 0.1) is 5.92 Å². The fourth-order valence-electron chi connectivity index (χ4n) is 10.3. The van der Waals surface area contributed by atoms with Gasteiger partial charge in [0.2, 0.25) is 5.91 Å². The number of hydrogen-bond donors (Lipinski definition) is 2. The second-order valence-corrected chi connectivity index (χ2v) is 15.8. The molecule has 0 aromatic heterocycles. The lowest BCUT2D eigenvalue weighted by atomic mass is 9.47. The first kappa shape index (κ1) is 32.4. The molecule has 2 amide bonds. The van der Waals surface area contributed by atoms with Crippen molar-refractivity contribution in [1.82, 2.24) is 10.6 Å². The van der Waals surface area contributed by atoms with E-state index in [1.54, 1.807) is 5.57 Å². The number of hydrogen-bond acceptors (Lipinski definition) is 3. The van der Waals surface area contributed by atoms with E-state index >= 15 is 0 Å². The number of unbranched alkanes of at least 4 members (excludes halogenated alkanes) is 1. The van der Waals surface area contributed by atoms with Crippen LogP contribution >= 0.6 is 0 Å². The topological polar surface area (TPSA) is 67.4 Å². The highest BCUT2D eigenvalue weighted by Crippen LogP contribution is 2.67. The minimum Gasteiger partial charge on any atom is -0.446 e. The number of rotatable bonds is 12. The minimum absolute atomic E-state index is 0.0147. The van der Waals surface area contributed by atoms with Crippen molar-refractivity contribution in [1.29, 1.82) is 0 Å². The zero-order chi connectivity index (χ0) is 30.6. The number of alkyl carbamates (subject to hydrolysis) is 1. The Bertz CT molecular complexity index is 1070. The van der Waals surface area contributed by atoms with Gasteiger partial charge in [0.1, 0.15) is 6.10 Å². The van der Waals surface area contributed by atoms with Gasteiger partial charge in [-0.1, -0.05) is 89.8 Å². The zero-order valence-corrected chi connectivity index (χ0v) is 27.8. The molecule has 43 heavy (non-hydrogen) atoms. The Balaban J connectivity index is 1.07. The van der Waals surface area contributed by atoms with E-state index < -0.39 is 0 Å². The Hall–Kier alpha value is -2.04. The number of carbonyl (C=O) groups is 2. The maximum atomic E-state index is 12.6. The van der Waals surface area contributed by atoms with Gasteiger partial charge in [-0.25, -0.2) is 4.79 Å². The summed E-state index contributed by atoms with van der Waals surface area (Å²) in [6, 6.07) is 0. The van der Waals surface area contributed by atoms with Crippen LogP contribution in [0.4, 0.5) is 4.79 Å². The molecule has 3 fully saturated rings. The van der Waals surface area contributed by atoms with Crippen LogP contribution in [-0.2, 0) is 9.53 Å². The number of fused-ring (bicyclic) bond motifs is 5. The van der Waals surface area contributed by atoms with Crippen molar-refractivity contribution in [2.45, 2.75) is 124 Å². The summed E-state index contributed by atoms with van der Waals surface area (Å²) in [7, 11) is 0. The molecule has 0 unspecified atom stereocenters. The van der Waals surface area contributed by atoms with Gasteiger partial charge in [0.15, 0.2) is 0 Å². The first-order chi connectivity index (χ1) is 20.6. The molecule has 8 atom stereocenters. The molecule has 2 N–H and O–H groups in total. The molecule has 0 saturated heterocycles. The largest absolute Gasteiger partial charge is 0.446 e. The molecule has 0 aliphatic heterocycles. The third-order valence-electron chi connectivity index (χ3n) is 12.8. The second kappa shape index (κ2) is 13.9. The quantitative estimate of drug-likeness (QED) is 0.176. The maximum absolute atomic E-state index is 12.6. The zero-order valence-electron chi connectivity index (χ0n) is 27.8. The van der Waals surface area contributed by atoms with Gasteiger partial charge in [-0.2, -0.15) is 0 Å². The molecule has 5 rings (SSSR count). The van der Waals surface area contributed by atoms with Crippen LogP contribution in [0.25, 0.3) is 0 Å². The fraction of sp³-hybridized carbons (Fsp3) is 0.789. The lowest BCUT2D eigenvalue weighted by Crippen LogP contribution is -2.51. The SMILES string of the molecule is CC(C)CCC[C@@H](C)[C@H]1CC[C@H]2[C@@H]3CC=C4C[C@@H](OC(=O)NCCCCNC(=O)C5C=CC=C5)CC[C@]4(C)[C@H]3CC[C@]12C. The summed E-state index contributed by atoms with van der Waals surface area (Å²) in [6.45, 7) is 13.7. The Morgan fingerprint density at radius 3 is 2.40 bits per heavy atom. The van der Waals surface area contributed by atoms with Crippen molar-refractivity contribution in [2.75, 3.05) is 13.1 Å². The van der Waals surface area contributed by atoms with Crippen LogP contribution in [0.15, 0.2) is 36.0 Å². The van der Waals surface area contributed by atoms with Crippen LogP contribution in [-0.4, -0.2) is 31.2 Å². The molecule has 5 aliphatic carbocycles. The van der Waals surface area contributed by atoms with Gasteiger partial charge in [0, 0.05) is 19.5 Å². The molecule has 0 bridgehead atoms. The van der Waals surface area contributed by atoms with Gasteiger partial charge < -0.3 is 15.4 Å². The number of amides is 2. The predicted octanol–water partition coefficient (Wildman–Crippen LogP) is 8.76. The van der Waals surface area contributed by atoms with E-state index in [1.807, 2.05) is 24.3 Å². The molecule has 240 valence electrons. The lowest BCUT2D eigenvalue weighted by Gasteiger charge is -2.58. The Labute approximate surface area is 262 Å². The molecule has 5 nitrogen and oxygen atoms in total. The number of carbonyl (C=O) groups excluding carboxylic acids is 2. The Morgan fingerprint density at radius 1 is 0.907 bits per heavy atom. The number of nitrogens with one attached hydrogen (secondary N) is 2. The summed E-state index contributed by atoms with van der Waals surface area (Å²) in [6.07, 6.45) is 25.6. The van der Waals surface area contributed by atoms with Gasteiger partial charge in [-0.15, -0.1) is 0 Å². The van der Waals surface area contributed by atoms with Crippen molar-refractivity contribution in [3.63, 3.8) is 0 Å². The number of allylic oxidation sites excluding steroid dienone is 3. The molecule has 0 aromatic rings. The molecule has 0 radical (unpaired) electrons. The van der Waals surface area contributed by atoms with Crippen LogP contribution in [0, 0.1) is 52.3 Å². The molecule has 0 spiro atoms. The molecular formula is C38H60N2O3. The highest BCUT2D eigenvalue weighted by Gasteiger charge is 2.59.